The minimum absolute atomic E-state index is 0.00523. The first-order valence-corrected chi connectivity index (χ1v) is 12.1. The van der Waals surface area contributed by atoms with Crippen molar-refractivity contribution in [2.75, 3.05) is 11.5 Å². The second-order valence-electron chi connectivity index (χ2n) is 8.28. The van der Waals surface area contributed by atoms with Crippen molar-refractivity contribution in [3.05, 3.63) is 29.8 Å². The number of halogens is 2. The molecule has 3 rings (SSSR count). The summed E-state index contributed by atoms with van der Waals surface area (Å²) in [5.41, 5.74) is 0.217. The predicted octanol–water partition coefficient (Wildman–Crippen LogP) is 3.35. The summed E-state index contributed by atoms with van der Waals surface area (Å²) in [6, 6.07) is 6.31. The van der Waals surface area contributed by atoms with E-state index in [-0.39, 0.29) is 35.0 Å². The maximum Gasteiger partial charge on any atom is 0.387 e. The predicted molar refractivity (Wildman–Crippen MR) is 107 cm³/mol. The summed E-state index contributed by atoms with van der Waals surface area (Å²) in [4.78, 5) is 22.9. The molecule has 0 radical (unpaired) electrons. The molecule has 1 aliphatic heterocycles. The fourth-order valence-corrected chi connectivity index (χ4v) is 6.15. The van der Waals surface area contributed by atoms with Gasteiger partial charge in [0.2, 0.25) is 11.8 Å². The maximum absolute atomic E-state index is 12.6. The van der Waals surface area contributed by atoms with Gasteiger partial charge in [0, 0.05) is 17.8 Å². The van der Waals surface area contributed by atoms with Crippen molar-refractivity contribution in [3.8, 4) is 5.75 Å². The van der Waals surface area contributed by atoms with Gasteiger partial charge in [-0.15, -0.1) is 0 Å². The Morgan fingerprint density at radius 3 is 2.60 bits per heavy atom. The number of amides is 2. The average molecular weight is 444 g/mol. The Morgan fingerprint density at radius 1 is 1.17 bits per heavy atom. The van der Waals surface area contributed by atoms with Crippen molar-refractivity contribution in [1.29, 1.82) is 0 Å². The van der Waals surface area contributed by atoms with Crippen LogP contribution in [0.15, 0.2) is 24.3 Å². The summed E-state index contributed by atoms with van der Waals surface area (Å²) in [7, 11) is -3.30. The Hall–Kier alpha value is -2.03. The number of nitrogens with one attached hydrogen (secondary N) is 1. The van der Waals surface area contributed by atoms with E-state index in [1.807, 2.05) is 0 Å². The molecule has 0 aromatic heterocycles. The standard InChI is InChI=1S/C21H27F2NO5S/c22-20(23)29-17-7-4-6-16(13-17)21(10-11-21)14-30(27,28)12-3-1-2-5-15-8-9-18(25)24-19(15)26/h4,6-7,13,15,20H,1-3,5,8-12,14H2,(H,24,25,26). The zero-order valence-electron chi connectivity index (χ0n) is 16.7. The quantitative estimate of drug-likeness (QED) is 0.419. The van der Waals surface area contributed by atoms with E-state index in [0.29, 0.717) is 44.9 Å². The zero-order chi connectivity index (χ0) is 21.8. The van der Waals surface area contributed by atoms with Crippen molar-refractivity contribution in [2.45, 2.75) is 63.4 Å². The first-order chi connectivity index (χ1) is 14.2. The van der Waals surface area contributed by atoms with Gasteiger partial charge in [-0.3, -0.25) is 14.9 Å². The molecule has 1 unspecified atom stereocenters. The van der Waals surface area contributed by atoms with Crippen LogP contribution in [0.4, 0.5) is 8.78 Å². The summed E-state index contributed by atoms with van der Waals surface area (Å²) in [5.74, 6) is -0.519. The molecule has 1 atom stereocenters. The normalized spacial score (nSPS) is 20.8. The van der Waals surface area contributed by atoms with E-state index < -0.39 is 21.9 Å². The molecule has 2 amide bonds. The van der Waals surface area contributed by atoms with Crippen molar-refractivity contribution in [2.24, 2.45) is 5.92 Å². The summed E-state index contributed by atoms with van der Waals surface area (Å²) in [6.45, 7) is -2.92. The molecule has 2 aliphatic rings. The highest BCUT2D eigenvalue weighted by molar-refractivity contribution is 7.91. The number of sulfone groups is 1. The highest BCUT2D eigenvalue weighted by atomic mass is 32.2. The van der Waals surface area contributed by atoms with Crippen LogP contribution in [-0.4, -0.2) is 38.3 Å². The summed E-state index contributed by atoms with van der Waals surface area (Å²) in [5, 5.41) is 2.33. The van der Waals surface area contributed by atoms with Crippen LogP contribution in [0.2, 0.25) is 0 Å². The van der Waals surface area contributed by atoms with Gasteiger partial charge < -0.3 is 4.74 Å². The second-order valence-corrected chi connectivity index (χ2v) is 10.5. The molecule has 6 nitrogen and oxygen atoms in total. The number of benzene rings is 1. The van der Waals surface area contributed by atoms with Crippen molar-refractivity contribution in [3.63, 3.8) is 0 Å². The van der Waals surface area contributed by atoms with Crippen LogP contribution >= 0.6 is 0 Å². The number of carbonyl (C=O) groups excluding carboxylic acids is 2. The van der Waals surface area contributed by atoms with E-state index in [9.17, 15) is 26.8 Å². The molecule has 1 saturated carbocycles. The fraction of sp³-hybridized carbons (Fsp3) is 0.619. The maximum atomic E-state index is 12.6. The van der Waals surface area contributed by atoms with Crippen LogP contribution in [0.3, 0.4) is 0 Å². The summed E-state index contributed by atoms with van der Waals surface area (Å²) >= 11 is 0. The van der Waals surface area contributed by atoms with E-state index in [1.54, 1.807) is 12.1 Å². The molecule has 166 valence electrons. The molecule has 30 heavy (non-hydrogen) atoms. The molecule has 1 aromatic rings. The van der Waals surface area contributed by atoms with Gasteiger partial charge in [0.25, 0.3) is 0 Å². The number of rotatable bonds is 11. The molecule has 1 aliphatic carbocycles. The number of carbonyl (C=O) groups is 2. The number of alkyl halides is 2. The van der Waals surface area contributed by atoms with Crippen LogP contribution in [0.25, 0.3) is 0 Å². The van der Waals surface area contributed by atoms with E-state index in [4.69, 9.17) is 0 Å². The molecule has 1 saturated heterocycles. The van der Waals surface area contributed by atoms with Gasteiger partial charge in [-0.1, -0.05) is 25.0 Å². The van der Waals surface area contributed by atoms with Gasteiger partial charge >= 0.3 is 6.61 Å². The number of piperidine rings is 1. The number of hydrogen-bond donors (Lipinski definition) is 1. The van der Waals surface area contributed by atoms with Gasteiger partial charge in [0.1, 0.15) is 5.75 Å². The molecular weight excluding hydrogens is 416 g/mol. The largest absolute Gasteiger partial charge is 0.435 e. The average Bonchev–Trinajstić information content (AvgIpc) is 3.42. The number of imide groups is 1. The third-order valence-corrected chi connectivity index (χ3v) is 7.79. The SMILES string of the molecule is O=C1CCC(CCCCCS(=O)(=O)CC2(c3cccc(OC(F)F)c3)CC2)C(=O)N1. The molecule has 0 bridgehead atoms. The lowest BCUT2D eigenvalue weighted by molar-refractivity contribution is -0.136. The third kappa shape index (κ3) is 6.23. The monoisotopic (exact) mass is 443 g/mol. The fourth-order valence-electron chi connectivity index (χ4n) is 4.07. The van der Waals surface area contributed by atoms with E-state index in [2.05, 4.69) is 10.1 Å². The molecule has 1 N–H and O–H groups in total. The van der Waals surface area contributed by atoms with E-state index in [1.165, 1.54) is 12.1 Å². The zero-order valence-corrected chi connectivity index (χ0v) is 17.6. The first kappa shape index (κ1) is 22.7. The number of ether oxygens (including phenoxy) is 1. The Morgan fingerprint density at radius 2 is 1.93 bits per heavy atom. The van der Waals surface area contributed by atoms with Gasteiger partial charge in [-0.05, 0) is 49.8 Å². The van der Waals surface area contributed by atoms with Crippen LogP contribution in [0, 0.1) is 5.92 Å². The Kier molecular flexibility index (Phi) is 7.10. The van der Waals surface area contributed by atoms with Gasteiger partial charge in [-0.2, -0.15) is 8.78 Å². The smallest absolute Gasteiger partial charge is 0.387 e. The minimum Gasteiger partial charge on any atom is -0.435 e. The number of unbranched alkanes of at least 4 members (excludes halogenated alkanes) is 2. The van der Waals surface area contributed by atoms with Crippen molar-refractivity contribution < 1.29 is 31.5 Å². The van der Waals surface area contributed by atoms with Crippen LogP contribution in [-0.2, 0) is 24.8 Å². The van der Waals surface area contributed by atoms with Crippen molar-refractivity contribution in [1.82, 2.24) is 5.32 Å². The van der Waals surface area contributed by atoms with E-state index >= 15 is 0 Å². The van der Waals surface area contributed by atoms with E-state index in [0.717, 1.165) is 12.0 Å². The van der Waals surface area contributed by atoms with Crippen molar-refractivity contribution >= 4 is 21.7 Å². The summed E-state index contributed by atoms with van der Waals surface area (Å²) in [6.07, 6.45) is 4.93. The second kappa shape index (κ2) is 9.41. The Balaban J connectivity index is 1.45. The molecule has 1 heterocycles. The Labute approximate surface area is 175 Å². The third-order valence-electron chi connectivity index (χ3n) is 5.88. The highest BCUT2D eigenvalue weighted by Crippen LogP contribution is 2.50. The van der Waals surface area contributed by atoms with Crippen LogP contribution in [0.1, 0.15) is 56.9 Å². The lowest BCUT2D eigenvalue weighted by atomic mass is 9.92. The Bertz CT molecular complexity index is 883. The lowest BCUT2D eigenvalue weighted by Gasteiger charge is -2.20. The molecule has 9 heteroatoms. The molecule has 1 aromatic carbocycles. The minimum atomic E-state index is -3.30. The van der Waals surface area contributed by atoms with Gasteiger partial charge in [-0.25, -0.2) is 8.42 Å². The van der Waals surface area contributed by atoms with Crippen LogP contribution < -0.4 is 10.1 Å². The topological polar surface area (TPSA) is 89.5 Å². The van der Waals surface area contributed by atoms with Gasteiger partial charge in [0.05, 0.1) is 11.5 Å². The summed E-state index contributed by atoms with van der Waals surface area (Å²) < 4.78 is 54.6. The van der Waals surface area contributed by atoms with Gasteiger partial charge in [0.15, 0.2) is 9.84 Å². The highest BCUT2D eigenvalue weighted by Gasteiger charge is 2.47. The molecule has 0 spiro atoms. The number of hydrogen-bond acceptors (Lipinski definition) is 5. The first-order valence-electron chi connectivity index (χ1n) is 10.3. The molecule has 2 fully saturated rings. The van der Waals surface area contributed by atoms with Crippen LogP contribution in [0.5, 0.6) is 5.75 Å². The lowest BCUT2D eigenvalue weighted by Crippen LogP contribution is -2.40. The molecular formula is C21H27F2NO5S.